The molecule has 4 rings (SSSR count). The third-order valence-electron chi connectivity index (χ3n) is 6.55. The maximum atomic E-state index is 14.2. The number of thiazole rings is 1. The van der Waals surface area contributed by atoms with Crippen LogP contribution in [0.1, 0.15) is 66.1 Å². The SMILES string of the molecule is Cc1ncc(C(=O)NC(CC(=O)N2CCCC[C@@H]2C)C(=O)NC(C)c2ncc(-c3ccc(F)cc3F)[nH]2)s1. The third-order valence-corrected chi connectivity index (χ3v) is 7.47. The molecule has 12 heteroatoms. The van der Waals surface area contributed by atoms with E-state index in [9.17, 15) is 23.2 Å². The predicted octanol–water partition coefficient (Wildman–Crippen LogP) is 3.89. The van der Waals surface area contributed by atoms with Crippen LogP contribution in [-0.2, 0) is 9.59 Å². The fourth-order valence-corrected chi connectivity index (χ4v) is 5.13. The number of rotatable bonds is 8. The van der Waals surface area contributed by atoms with Gasteiger partial charge in [0.25, 0.3) is 5.91 Å². The van der Waals surface area contributed by atoms with E-state index in [0.717, 1.165) is 31.4 Å². The lowest BCUT2D eigenvalue weighted by Gasteiger charge is -2.34. The number of piperidine rings is 1. The minimum atomic E-state index is -1.13. The second-order valence-corrected chi connectivity index (χ2v) is 10.7. The van der Waals surface area contributed by atoms with Gasteiger partial charge in [-0.3, -0.25) is 14.4 Å². The molecule has 0 bridgehead atoms. The summed E-state index contributed by atoms with van der Waals surface area (Å²) in [5.74, 6) is -2.37. The van der Waals surface area contributed by atoms with Gasteiger partial charge in [-0.2, -0.15) is 0 Å². The van der Waals surface area contributed by atoms with Gasteiger partial charge >= 0.3 is 0 Å². The number of nitrogens with one attached hydrogen (secondary N) is 3. The molecule has 0 saturated carbocycles. The Morgan fingerprint density at radius 2 is 1.97 bits per heavy atom. The number of aromatic nitrogens is 3. The molecule has 3 atom stereocenters. The zero-order valence-electron chi connectivity index (χ0n) is 21.4. The number of aromatic amines is 1. The van der Waals surface area contributed by atoms with E-state index in [1.165, 1.54) is 29.8 Å². The van der Waals surface area contributed by atoms with Crippen molar-refractivity contribution in [1.29, 1.82) is 0 Å². The first-order valence-corrected chi connectivity index (χ1v) is 13.3. The summed E-state index contributed by atoms with van der Waals surface area (Å²) in [6.45, 7) is 6.03. The van der Waals surface area contributed by atoms with E-state index in [4.69, 9.17) is 0 Å². The van der Waals surface area contributed by atoms with Gasteiger partial charge in [-0.25, -0.2) is 18.7 Å². The van der Waals surface area contributed by atoms with Crippen molar-refractivity contribution in [2.45, 2.75) is 64.6 Å². The average Bonchev–Trinajstić information content (AvgIpc) is 3.53. The normalized spacial score (nSPS) is 17.1. The number of likely N-dealkylation sites (tertiary alicyclic amines) is 1. The summed E-state index contributed by atoms with van der Waals surface area (Å²) in [4.78, 5) is 52.6. The maximum absolute atomic E-state index is 14.2. The second-order valence-electron chi connectivity index (χ2n) is 9.44. The van der Waals surface area contributed by atoms with E-state index >= 15 is 0 Å². The summed E-state index contributed by atoms with van der Waals surface area (Å²) in [6, 6.07) is 1.49. The summed E-state index contributed by atoms with van der Waals surface area (Å²) in [5, 5.41) is 6.17. The lowest BCUT2D eigenvalue weighted by molar-refractivity contribution is -0.137. The number of hydrogen-bond acceptors (Lipinski definition) is 6. The Morgan fingerprint density at radius 1 is 1.18 bits per heavy atom. The van der Waals surface area contributed by atoms with Crippen molar-refractivity contribution in [3.05, 3.63) is 57.9 Å². The summed E-state index contributed by atoms with van der Waals surface area (Å²) >= 11 is 1.19. The van der Waals surface area contributed by atoms with Gasteiger partial charge in [0.05, 0.1) is 35.6 Å². The molecule has 3 N–H and O–H groups in total. The van der Waals surface area contributed by atoms with Gasteiger partial charge in [0.1, 0.15) is 28.4 Å². The van der Waals surface area contributed by atoms with E-state index in [1.807, 2.05) is 6.92 Å². The molecule has 1 fully saturated rings. The Balaban J connectivity index is 1.49. The predicted molar refractivity (Wildman–Crippen MR) is 138 cm³/mol. The molecule has 202 valence electrons. The molecule has 1 aliphatic rings. The van der Waals surface area contributed by atoms with Gasteiger partial charge in [-0.15, -0.1) is 11.3 Å². The number of H-pyrrole nitrogens is 1. The molecule has 0 radical (unpaired) electrons. The van der Waals surface area contributed by atoms with E-state index < -0.39 is 35.5 Å². The zero-order valence-corrected chi connectivity index (χ0v) is 22.2. The Kier molecular flexibility index (Phi) is 8.50. The van der Waals surface area contributed by atoms with Crippen molar-refractivity contribution in [1.82, 2.24) is 30.5 Å². The van der Waals surface area contributed by atoms with E-state index in [2.05, 4.69) is 25.6 Å². The zero-order chi connectivity index (χ0) is 27.4. The minimum absolute atomic E-state index is 0.0622. The number of halogens is 2. The molecule has 1 saturated heterocycles. The average molecular weight is 545 g/mol. The van der Waals surface area contributed by atoms with E-state index in [1.54, 1.807) is 18.7 Å². The summed E-state index contributed by atoms with van der Waals surface area (Å²) in [7, 11) is 0. The fraction of sp³-hybridized carbons (Fsp3) is 0.423. The van der Waals surface area contributed by atoms with Gasteiger partial charge in [-0.1, -0.05) is 0 Å². The molecular formula is C26H30F2N6O3S. The number of nitrogens with zero attached hydrogens (tertiary/aromatic N) is 3. The Labute approximate surface area is 223 Å². The largest absolute Gasteiger partial charge is 0.345 e. The quantitative estimate of drug-likeness (QED) is 0.398. The van der Waals surface area contributed by atoms with Crippen LogP contribution in [0.25, 0.3) is 11.3 Å². The van der Waals surface area contributed by atoms with Crippen LogP contribution in [-0.4, -0.2) is 56.2 Å². The molecule has 3 heterocycles. The van der Waals surface area contributed by atoms with Crippen LogP contribution < -0.4 is 10.6 Å². The monoisotopic (exact) mass is 544 g/mol. The Bertz CT molecular complexity index is 1330. The van der Waals surface area contributed by atoms with Crippen LogP contribution in [0.3, 0.4) is 0 Å². The van der Waals surface area contributed by atoms with Crippen molar-refractivity contribution >= 4 is 29.1 Å². The molecule has 1 aliphatic heterocycles. The lowest BCUT2D eigenvalue weighted by Crippen LogP contribution is -2.51. The van der Waals surface area contributed by atoms with Crippen LogP contribution in [0, 0.1) is 18.6 Å². The van der Waals surface area contributed by atoms with Crippen molar-refractivity contribution in [2.24, 2.45) is 0 Å². The highest BCUT2D eigenvalue weighted by atomic mass is 32.1. The molecule has 2 aromatic heterocycles. The molecule has 0 aliphatic carbocycles. The van der Waals surface area contributed by atoms with E-state index in [0.29, 0.717) is 27.9 Å². The highest BCUT2D eigenvalue weighted by Gasteiger charge is 2.31. The minimum Gasteiger partial charge on any atom is -0.345 e. The molecule has 3 aromatic rings. The van der Waals surface area contributed by atoms with Gasteiger partial charge in [-0.05, 0) is 52.2 Å². The highest BCUT2D eigenvalue weighted by Crippen LogP contribution is 2.23. The summed E-state index contributed by atoms with van der Waals surface area (Å²) in [5.41, 5.74) is 0.452. The standard InChI is InChI=1S/C26H30F2N6O3S/c1-14-6-4-5-9-34(14)23(35)11-20(33-26(37)22-13-29-16(3)38-22)25(36)31-15(2)24-30-12-21(32-24)18-8-7-17(27)10-19(18)28/h7-8,10,12-15,20H,4-6,9,11H2,1-3H3,(H,30,32)(H,31,36)(H,33,37)/t14-,15?,20?/m0/s1. The molecule has 0 spiro atoms. The first-order valence-electron chi connectivity index (χ1n) is 12.5. The Hall–Kier alpha value is -3.67. The van der Waals surface area contributed by atoms with Crippen molar-refractivity contribution in [3.8, 4) is 11.3 Å². The second kappa shape index (κ2) is 11.8. The molecule has 3 amide bonds. The van der Waals surface area contributed by atoms with Crippen molar-refractivity contribution in [2.75, 3.05) is 6.54 Å². The highest BCUT2D eigenvalue weighted by molar-refractivity contribution is 7.13. The number of aryl methyl sites for hydroxylation is 1. The lowest BCUT2D eigenvalue weighted by atomic mass is 10.0. The van der Waals surface area contributed by atoms with Crippen LogP contribution in [0.2, 0.25) is 0 Å². The van der Waals surface area contributed by atoms with E-state index in [-0.39, 0.29) is 23.9 Å². The maximum Gasteiger partial charge on any atom is 0.263 e. The van der Waals surface area contributed by atoms with Crippen molar-refractivity contribution in [3.63, 3.8) is 0 Å². The van der Waals surface area contributed by atoms with Crippen LogP contribution in [0.4, 0.5) is 8.78 Å². The number of imidazole rings is 1. The van der Waals surface area contributed by atoms with Crippen LogP contribution in [0.15, 0.2) is 30.6 Å². The molecular weight excluding hydrogens is 514 g/mol. The molecule has 2 unspecified atom stereocenters. The Morgan fingerprint density at radius 3 is 2.66 bits per heavy atom. The summed E-state index contributed by atoms with van der Waals surface area (Å²) < 4.78 is 27.5. The molecule has 9 nitrogen and oxygen atoms in total. The smallest absolute Gasteiger partial charge is 0.263 e. The third kappa shape index (κ3) is 6.42. The van der Waals surface area contributed by atoms with Gasteiger partial charge in [0.15, 0.2) is 0 Å². The summed E-state index contributed by atoms with van der Waals surface area (Å²) in [6.07, 6.45) is 5.45. The fourth-order valence-electron chi connectivity index (χ4n) is 4.45. The number of carbonyl (C=O) groups excluding carboxylic acids is 3. The van der Waals surface area contributed by atoms with Gasteiger partial charge in [0, 0.05) is 24.2 Å². The number of carbonyl (C=O) groups is 3. The molecule has 1 aromatic carbocycles. The first-order chi connectivity index (χ1) is 18.1. The number of amides is 3. The number of hydrogen-bond donors (Lipinski definition) is 3. The van der Waals surface area contributed by atoms with Gasteiger partial charge in [0.2, 0.25) is 11.8 Å². The first kappa shape index (κ1) is 27.4. The molecule has 38 heavy (non-hydrogen) atoms. The van der Waals surface area contributed by atoms with Crippen LogP contribution >= 0.6 is 11.3 Å². The van der Waals surface area contributed by atoms with Gasteiger partial charge < -0.3 is 20.5 Å². The number of benzene rings is 1. The van der Waals surface area contributed by atoms with Crippen LogP contribution in [0.5, 0.6) is 0 Å². The van der Waals surface area contributed by atoms with Crippen molar-refractivity contribution < 1.29 is 23.2 Å². The topological polar surface area (TPSA) is 120 Å².